The first-order valence-corrected chi connectivity index (χ1v) is 5.39. The molecule has 0 bridgehead atoms. The molecule has 94 valence electrons. The Labute approximate surface area is 98.9 Å². The minimum atomic E-state index is -0.564. The molecule has 0 aliphatic carbocycles. The van der Waals surface area contributed by atoms with Gasteiger partial charge in [-0.3, -0.25) is 19.1 Å². The summed E-state index contributed by atoms with van der Waals surface area (Å²) in [6.07, 6.45) is 1.40. The van der Waals surface area contributed by atoms with Crippen LogP contribution in [0.3, 0.4) is 0 Å². The van der Waals surface area contributed by atoms with E-state index in [0.717, 1.165) is 0 Å². The maximum absolute atomic E-state index is 11.8. The van der Waals surface area contributed by atoms with Crippen molar-refractivity contribution in [3.05, 3.63) is 32.6 Å². The van der Waals surface area contributed by atoms with Gasteiger partial charge in [0.2, 0.25) is 5.91 Å². The number of nitrogens with zero attached hydrogens (tertiary/aromatic N) is 2. The van der Waals surface area contributed by atoms with Gasteiger partial charge >= 0.3 is 5.69 Å². The number of hydrogen-bond donors (Lipinski definition) is 1. The minimum Gasteiger partial charge on any atom is -0.342 e. The van der Waals surface area contributed by atoms with Gasteiger partial charge in [-0.2, -0.15) is 0 Å². The highest BCUT2D eigenvalue weighted by atomic mass is 16.2. The first-order valence-electron chi connectivity index (χ1n) is 5.39. The molecule has 6 nitrogen and oxygen atoms in total. The minimum absolute atomic E-state index is 0.0644. The van der Waals surface area contributed by atoms with Crippen molar-refractivity contribution in [1.82, 2.24) is 14.5 Å². The monoisotopic (exact) mass is 239 g/mol. The van der Waals surface area contributed by atoms with E-state index in [2.05, 4.69) is 4.98 Å². The highest BCUT2D eigenvalue weighted by Gasteiger charge is 2.13. The summed E-state index contributed by atoms with van der Waals surface area (Å²) in [5, 5.41) is 0. The number of aryl methyl sites for hydroxylation is 1. The number of likely N-dealkylation sites (N-methyl/N-ethyl adjacent to an activating group) is 1. The van der Waals surface area contributed by atoms with E-state index in [-0.39, 0.29) is 18.5 Å². The van der Waals surface area contributed by atoms with E-state index >= 15 is 0 Å². The molecule has 0 fully saturated rings. The van der Waals surface area contributed by atoms with Crippen LogP contribution in [-0.2, 0) is 11.3 Å². The lowest BCUT2D eigenvalue weighted by atomic mass is 10.3. The molecule has 1 aromatic heterocycles. The summed E-state index contributed by atoms with van der Waals surface area (Å²) in [5.41, 5.74) is -0.577. The Bertz CT molecular complexity index is 527. The van der Waals surface area contributed by atoms with E-state index in [9.17, 15) is 14.4 Å². The maximum Gasteiger partial charge on any atom is 0.328 e. The van der Waals surface area contributed by atoms with Gasteiger partial charge in [0.15, 0.2) is 0 Å². The standard InChI is InChI=1S/C11H17N3O3/c1-7(2)13(4)9(15)6-14-5-8(3)10(16)12-11(14)17/h5,7H,6H2,1-4H3,(H,12,16,17). The lowest BCUT2D eigenvalue weighted by molar-refractivity contribution is -0.132. The molecule has 0 aromatic carbocycles. The number of aromatic nitrogens is 2. The predicted octanol–water partition coefficient (Wildman–Crippen LogP) is -0.288. The molecule has 1 rings (SSSR count). The lowest BCUT2D eigenvalue weighted by Crippen LogP contribution is -2.39. The van der Waals surface area contributed by atoms with Crippen molar-refractivity contribution in [3.63, 3.8) is 0 Å². The molecule has 0 radical (unpaired) electrons. The summed E-state index contributed by atoms with van der Waals surface area (Å²) < 4.78 is 1.21. The zero-order valence-electron chi connectivity index (χ0n) is 10.5. The molecule has 0 saturated heterocycles. The first kappa shape index (κ1) is 13.2. The third-order valence-electron chi connectivity index (χ3n) is 2.66. The van der Waals surface area contributed by atoms with Gasteiger partial charge in [0.25, 0.3) is 5.56 Å². The van der Waals surface area contributed by atoms with E-state index in [4.69, 9.17) is 0 Å². The number of nitrogens with one attached hydrogen (secondary N) is 1. The van der Waals surface area contributed by atoms with Crippen molar-refractivity contribution in [2.24, 2.45) is 0 Å². The molecule has 1 N–H and O–H groups in total. The van der Waals surface area contributed by atoms with Crippen molar-refractivity contribution in [1.29, 1.82) is 0 Å². The van der Waals surface area contributed by atoms with Gasteiger partial charge in [-0.15, -0.1) is 0 Å². The van der Waals surface area contributed by atoms with E-state index in [0.29, 0.717) is 5.56 Å². The number of carbonyl (C=O) groups is 1. The van der Waals surface area contributed by atoms with Crippen LogP contribution in [0.4, 0.5) is 0 Å². The van der Waals surface area contributed by atoms with E-state index in [1.807, 2.05) is 13.8 Å². The zero-order chi connectivity index (χ0) is 13.2. The Morgan fingerprint density at radius 3 is 2.59 bits per heavy atom. The van der Waals surface area contributed by atoms with Crippen molar-refractivity contribution >= 4 is 5.91 Å². The second kappa shape index (κ2) is 4.99. The molecule has 1 amide bonds. The van der Waals surface area contributed by atoms with Crippen LogP contribution < -0.4 is 11.2 Å². The molecule has 0 aliphatic heterocycles. The summed E-state index contributed by atoms with van der Waals surface area (Å²) in [6, 6.07) is 0.0714. The van der Waals surface area contributed by atoms with Crippen molar-refractivity contribution in [2.75, 3.05) is 7.05 Å². The molecule has 0 unspecified atom stereocenters. The summed E-state index contributed by atoms with van der Waals surface area (Å²) in [5.74, 6) is -0.173. The second-order valence-electron chi connectivity index (χ2n) is 4.30. The summed E-state index contributed by atoms with van der Waals surface area (Å²) in [6.45, 7) is 5.30. The fourth-order valence-electron chi connectivity index (χ4n) is 1.28. The van der Waals surface area contributed by atoms with Crippen LogP contribution in [0, 0.1) is 6.92 Å². The fourth-order valence-corrected chi connectivity index (χ4v) is 1.28. The van der Waals surface area contributed by atoms with Crippen LogP contribution in [0.25, 0.3) is 0 Å². The van der Waals surface area contributed by atoms with Gasteiger partial charge in [0, 0.05) is 24.8 Å². The molecular weight excluding hydrogens is 222 g/mol. The molecule has 0 spiro atoms. The summed E-state index contributed by atoms with van der Waals surface area (Å²) >= 11 is 0. The Hall–Kier alpha value is -1.85. The van der Waals surface area contributed by atoms with Gasteiger partial charge in [-0.05, 0) is 20.8 Å². The normalized spacial score (nSPS) is 10.6. The third-order valence-corrected chi connectivity index (χ3v) is 2.66. The Balaban J connectivity index is 2.97. The van der Waals surface area contributed by atoms with Gasteiger partial charge in [-0.25, -0.2) is 4.79 Å². The molecule has 6 heteroatoms. The number of carbonyl (C=O) groups excluding carboxylic acids is 1. The summed E-state index contributed by atoms with van der Waals surface area (Å²) in [4.78, 5) is 38.1. The molecule has 0 saturated carbocycles. The molecule has 0 aliphatic rings. The van der Waals surface area contributed by atoms with Crippen LogP contribution in [0.2, 0.25) is 0 Å². The van der Waals surface area contributed by atoms with Crippen LogP contribution in [0.1, 0.15) is 19.4 Å². The Kier molecular flexibility index (Phi) is 3.88. The number of H-pyrrole nitrogens is 1. The predicted molar refractivity (Wildman–Crippen MR) is 64.0 cm³/mol. The quantitative estimate of drug-likeness (QED) is 0.787. The van der Waals surface area contributed by atoms with Crippen LogP contribution in [0.15, 0.2) is 15.8 Å². The SMILES string of the molecule is Cc1cn(CC(=O)N(C)C(C)C)c(=O)[nH]c1=O. The number of rotatable bonds is 3. The lowest BCUT2D eigenvalue weighted by Gasteiger charge is -2.21. The van der Waals surface area contributed by atoms with E-state index in [1.54, 1.807) is 18.9 Å². The average Bonchev–Trinajstić information content (AvgIpc) is 2.24. The summed E-state index contributed by atoms with van der Waals surface area (Å²) in [7, 11) is 1.68. The molecule has 1 aromatic rings. The van der Waals surface area contributed by atoms with Gasteiger partial charge < -0.3 is 4.90 Å². The second-order valence-corrected chi connectivity index (χ2v) is 4.30. The van der Waals surface area contributed by atoms with Gasteiger partial charge in [-0.1, -0.05) is 0 Å². The molecule has 17 heavy (non-hydrogen) atoms. The fraction of sp³-hybridized carbons (Fsp3) is 0.545. The smallest absolute Gasteiger partial charge is 0.328 e. The Morgan fingerprint density at radius 2 is 2.06 bits per heavy atom. The number of hydrogen-bond acceptors (Lipinski definition) is 3. The number of aromatic amines is 1. The molecule has 0 atom stereocenters. The third kappa shape index (κ3) is 3.05. The van der Waals surface area contributed by atoms with Crippen molar-refractivity contribution < 1.29 is 4.79 Å². The van der Waals surface area contributed by atoms with Crippen LogP contribution in [-0.4, -0.2) is 33.4 Å². The Morgan fingerprint density at radius 1 is 1.47 bits per heavy atom. The number of amides is 1. The van der Waals surface area contributed by atoms with Gasteiger partial charge in [0.1, 0.15) is 6.54 Å². The maximum atomic E-state index is 11.8. The highest BCUT2D eigenvalue weighted by Crippen LogP contribution is 1.96. The highest BCUT2D eigenvalue weighted by molar-refractivity contribution is 5.75. The van der Waals surface area contributed by atoms with E-state index < -0.39 is 11.2 Å². The molecular formula is C11H17N3O3. The van der Waals surface area contributed by atoms with Crippen molar-refractivity contribution in [2.45, 2.75) is 33.4 Å². The first-order chi connectivity index (χ1) is 7.82. The zero-order valence-corrected chi connectivity index (χ0v) is 10.5. The average molecular weight is 239 g/mol. The van der Waals surface area contributed by atoms with E-state index in [1.165, 1.54) is 10.8 Å². The van der Waals surface area contributed by atoms with Gasteiger partial charge in [0.05, 0.1) is 0 Å². The topological polar surface area (TPSA) is 75.2 Å². The molecule has 1 heterocycles. The van der Waals surface area contributed by atoms with Crippen LogP contribution >= 0.6 is 0 Å². The largest absolute Gasteiger partial charge is 0.342 e. The van der Waals surface area contributed by atoms with Crippen molar-refractivity contribution in [3.8, 4) is 0 Å². The van der Waals surface area contributed by atoms with Crippen LogP contribution in [0.5, 0.6) is 0 Å².